The predicted molar refractivity (Wildman–Crippen MR) is 74.7 cm³/mol. The van der Waals surface area contributed by atoms with Gasteiger partial charge in [-0.2, -0.15) is 4.98 Å². The number of nitro groups is 1. The number of anilines is 1. The summed E-state index contributed by atoms with van der Waals surface area (Å²) in [6.07, 6.45) is 1.18. The highest BCUT2D eigenvalue weighted by Gasteiger charge is 2.17. The molecule has 0 atom stereocenters. The molecular weight excluding hydrogens is 286 g/mol. The third kappa shape index (κ3) is 5.35. The molecule has 1 aromatic rings. The number of aromatic nitrogens is 2. The topological polar surface area (TPSA) is 110 Å². The van der Waals surface area contributed by atoms with E-state index in [2.05, 4.69) is 20.6 Å². The highest BCUT2D eigenvalue weighted by molar-refractivity contribution is 6.28. The van der Waals surface area contributed by atoms with Gasteiger partial charge in [0.25, 0.3) is 0 Å². The van der Waals surface area contributed by atoms with E-state index in [4.69, 9.17) is 11.6 Å². The number of amides is 1. The summed E-state index contributed by atoms with van der Waals surface area (Å²) < 4.78 is 0. The van der Waals surface area contributed by atoms with Crippen molar-refractivity contribution in [1.29, 1.82) is 0 Å². The Morgan fingerprint density at radius 2 is 2.15 bits per heavy atom. The Balaban J connectivity index is 2.60. The van der Waals surface area contributed by atoms with Gasteiger partial charge in [-0.3, -0.25) is 14.9 Å². The summed E-state index contributed by atoms with van der Waals surface area (Å²) in [6, 6.07) is 0. The van der Waals surface area contributed by atoms with Gasteiger partial charge in [0, 0.05) is 18.5 Å². The molecule has 0 fully saturated rings. The summed E-state index contributed by atoms with van der Waals surface area (Å²) in [7, 11) is 0. The zero-order valence-electron chi connectivity index (χ0n) is 11.4. The lowest BCUT2D eigenvalue weighted by Crippen LogP contribution is -2.41. The van der Waals surface area contributed by atoms with E-state index in [1.165, 1.54) is 0 Å². The van der Waals surface area contributed by atoms with Crippen LogP contribution < -0.4 is 10.6 Å². The fourth-order valence-electron chi connectivity index (χ4n) is 1.39. The number of nitrogens with one attached hydrogen (secondary N) is 2. The monoisotopic (exact) mass is 301 g/mol. The van der Waals surface area contributed by atoms with Gasteiger partial charge in [-0.25, -0.2) is 4.98 Å². The van der Waals surface area contributed by atoms with E-state index in [1.807, 2.05) is 20.8 Å². The van der Waals surface area contributed by atoms with Gasteiger partial charge in [0.05, 0.1) is 4.92 Å². The number of hydrogen-bond donors (Lipinski definition) is 2. The summed E-state index contributed by atoms with van der Waals surface area (Å²) in [5.41, 5.74) is -0.605. The van der Waals surface area contributed by atoms with Crippen LogP contribution in [0.1, 0.15) is 27.2 Å². The molecule has 0 saturated heterocycles. The minimum atomic E-state index is -0.617. The molecule has 1 aromatic heterocycles. The van der Waals surface area contributed by atoms with Crippen LogP contribution in [0.3, 0.4) is 0 Å². The quantitative estimate of drug-likeness (QED) is 0.487. The van der Waals surface area contributed by atoms with Crippen molar-refractivity contribution >= 4 is 29.0 Å². The van der Waals surface area contributed by atoms with Crippen molar-refractivity contribution in [2.45, 2.75) is 32.7 Å². The second kappa shape index (κ2) is 6.47. The van der Waals surface area contributed by atoms with Crippen LogP contribution >= 0.6 is 11.6 Å². The average Bonchev–Trinajstić information content (AvgIpc) is 2.26. The molecule has 1 amide bonds. The van der Waals surface area contributed by atoms with E-state index >= 15 is 0 Å². The molecule has 110 valence electrons. The maximum atomic E-state index is 11.6. The van der Waals surface area contributed by atoms with E-state index in [-0.39, 0.29) is 41.2 Å². The molecule has 20 heavy (non-hydrogen) atoms. The van der Waals surface area contributed by atoms with Crippen LogP contribution in [0, 0.1) is 10.1 Å². The molecule has 8 nitrogen and oxygen atoms in total. The molecule has 0 aromatic carbocycles. The third-order valence-corrected chi connectivity index (χ3v) is 2.28. The second-order valence-electron chi connectivity index (χ2n) is 5.10. The highest BCUT2D eigenvalue weighted by Crippen LogP contribution is 2.21. The molecular formula is C11H16ClN5O3. The molecule has 0 radical (unpaired) electrons. The van der Waals surface area contributed by atoms with Crippen molar-refractivity contribution in [3.05, 3.63) is 21.6 Å². The zero-order valence-corrected chi connectivity index (χ0v) is 12.2. The largest absolute Gasteiger partial charge is 0.364 e. The summed E-state index contributed by atoms with van der Waals surface area (Å²) in [5, 5.41) is 16.2. The van der Waals surface area contributed by atoms with Gasteiger partial charge in [0.1, 0.15) is 6.20 Å². The first kappa shape index (κ1) is 16.1. The van der Waals surface area contributed by atoms with E-state index in [0.29, 0.717) is 0 Å². The molecule has 0 aliphatic carbocycles. The number of carbonyl (C=O) groups excluding carboxylic acids is 1. The van der Waals surface area contributed by atoms with Gasteiger partial charge in [0.15, 0.2) is 0 Å². The molecule has 0 saturated carbocycles. The molecule has 1 rings (SSSR count). The Labute approximate surface area is 121 Å². The number of nitrogens with zero attached hydrogens (tertiary/aromatic N) is 3. The van der Waals surface area contributed by atoms with Crippen LogP contribution in [0.25, 0.3) is 0 Å². The number of hydrogen-bond acceptors (Lipinski definition) is 6. The van der Waals surface area contributed by atoms with Crippen molar-refractivity contribution in [1.82, 2.24) is 15.3 Å². The van der Waals surface area contributed by atoms with Crippen LogP contribution in [0.15, 0.2) is 6.20 Å². The van der Waals surface area contributed by atoms with E-state index in [0.717, 1.165) is 6.20 Å². The lowest BCUT2D eigenvalue weighted by atomic mass is 10.1. The Morgan fingerprint density at radius 1 is 1.50 bits per heavy atom. The Morgan fingerprint density at radius 3 is 2.70 bits per heavy atom. The summed E-state index contributed by atoms with van der Waals surface area (Å²) in [4.78, 5) is 29.0. The molecule has 0 bridgehead atoms. The minimum absolute atomic E-state index is 0.00133. The fourth-order valence-corrected chi connectivity index (χ4v) is 1.53. The van der Waals surface area contributed by atoms with Gasteiger partial charge < -0.3 is 10.6 Å². The molecule has 0 unspecified atom stereocenters. The predicted octanol–water partition coefficient (Wildman–Crippen LogP) is 1.75. The van der Waals surface area contributed by atoms with Gasteiger partial charge in [-0.05, 0) is 32.4 Å². The summed E-state index contributed by atoms with van der Waals surface area (Å²) in [6.45, 7) is 5.81. The Hall–Kier alpha value is -1.96. The first-order valence-corrected chi connectivity index (χ1v) is 6.28. The molecule has 2 N–H and O–H groups in total. The van der Waals surface area contributed by atoms with E-state index in [1.54, 1.807) is 0 Å². The van der Waals surface area contributed by atoms with Gasteiger partial charge in [0.2, 0.25) is 17.0 Å². The smallest absolute Gasteiger partial charge is 0.329 e. The lowest BCUT2D eigenvalue weighted by Gasteiger charge is -2.20. The number of carbonyl (C=O) groups is 1. The molecule has 0 aliphatic rings. The maximum absolute atomic E-state index is 11.6. The van der Waals surface area contributed by atoms with Gasteiger partial charge >= 0.3 is 5.69 Å². The van der Waals surface area contributed by atoms with Crippen LogP contribution in [-0.4, -0.2) is 32.9 Å². The molecule has 0 spiro atoms. The van der Waals surface area contributed by atoms with Crippen LogP contribution in [0.5, 0.6) is 0 Å². The minimum Gasteiger partial charge on any atom is -0.364 e. The normalized spacial score (nSPS) is 11.0. The lowest BCUT2D eigenvalue weighted by molar-refractivity contribution is -0.384. The van der Waals surface area contributed by atoms with Crippen LogP contribution in [-0.2, 0) is 4.79 Å². The Bertz CT molecular complexity index is 515. The third-order valence-electron chi connectivity index (χ3n) is 2.10. The number of rotatable bonds is 5. The first-order chi connectivity index (χ1) is 9.19. The molecule has 9 heteroatoms. The van der Waals surface area contributed by atoms with Crippen LogP contribution in [0.4, 0.5) is 11.5 Å². The van der Waals surface area contributed by atoms with Crippen molar-refractivity contribution in [2.75, 3.05) is 11.9 Å². The van der Waals surface area contributed by atoms with Crippen molar-refractivity contribution in [3.63, 3.8) is 0 Å². The standard InChI is InChI=1S/C11H16ClN5O3/c1-11(2,3)16-8(18)4-5-13-9-7(17(19)20)6-14-10(12)15-9/h6H,4-5H2,1-3H3,(H,16,18)(H,13,14,15). The molecule has 0 aliphatic heterocycles. The first-order valence-electron chi connectivity index (χ1n) is 5.91. The summed E-state index contributed by atoms with van der Waals surface area (Å²) >= 11 is 5.59. The average molecular weight is 302 g/mol. The van der Waals surface area contributed by atoms with Crippen molar-refractivity contribution in [2.24, 2.45) is 0 Å². The van der Waals surface area contributed by atoms with Gasteiger partial charge in [-0.15, -0.1) is 0 Å². The number of halogens is 1. The van der Waals surface area contributed by atoms with Gasteiger partial charge in [-0.1, -0.05) is 0 Å². The van der Waals surface area contributed by atoms with E-state index in [9.17, 15) is 14.9 Å². The second-order valence-corrected chi connectivity index (χ2v) is 5.44. The molecule has 1 heterocycles. The summed E-state index contributed by atoms with van der Waals surface area (Å²) in [5.74, 6) is -0.161. The highest BCUT2D eigenvalue weighted by atomic mass is 35.5. The fraction of sp³-hybridized carbons (Fsp3) is 0.545. The SMILES string of the molecule is CC(C)(C)NC(=O)CCNc1nc(Cl)ncc1[N+](=O)[O-]. The Kier molecular flexibility index (Phi) is 5.20. The maximum Gasteiger partial charge on any atom is 0.329 e. The van der Waals surface area contributed by atoms with Crippen molar-refractivity contribution in [3.8, 4) is 0 Å². The van der Waals surface area contributed by atoms with Crippen LogP contribution in [0.2, 0.25) is 5.28 Å². The van der Waals surface area contributed by atoms with E-state index < -0.39 is 4.92 Å². The van der Waals surface area contributed by atoms with Crippen molar-refractivity contribution < 1.29 is 9.72 Å². The zero-order chi connectivity index (χ0) is 15.3.